The number of nitrogens with one attached hydrogen (secondary N) is 2. The van der Waals surface area contributed by atoms with Crippen molar-refractivity contribution in [2.75, 3.05) is 10.5 Å². The summed E-state index contributed by atoms with van der Waals surface area (Å²) in [7, 11) is -3.79. The standard InChI is InChI=1S/C12H14N4O3S/c1-7-5-9(13)6-8(2)12(7)20(18,19)16-10-3-4-11(17)15-14-10/h3-6H,13H2,1-2H3,(H,14,16)(H,15,17). The number of hydrogen-bond donors (Lipinski definition) is 3. The lowest BCUT2D eigenvalue weighted by Gasteiger charge is -2.12. The van der Waals surface area contributed by atoms with E-state index in [0.29, 0.717) is 16.8 Å². The number of nitrogens with two attached hydrogens (primary N) is 1. The Kier molecular flexibility index (Phi) is 3.49. The quantitative estimate of drug-likeness (QED) is 0.723. The van der Waals surface area contributed by atoms with Crippen molar-refractivity contribution in [1.82, 2.24) is 10.2 Å². The average molecular weight is 294 g/mol. The molecule has 2 rings (SSSR count). The largest absolute Gasteiger partial charge is 0.399 e. The first kappa shape index (κ1) is 14.1. The van der Waals surface area contributed by atoms with Crippen molar-refractivity contribution < 1.29 is 8.42 Å². The van der Waals surface area contributed by atoms with Crippen LogP contribution in [0.4, 0.5) is 11.5 Å². The van der Waals surface area contributed by atoms with E-state index in [0.717, 1.165) is 0 Å². The van der Waals surface area contributed by atoms with Crippen LogP contribution in [0.15, 0.2) is 34.0 Å². The summed E-state index contributed by atoms with van der Waals surface area (Å²) in [5.74, 6) is 0.0419. The van der Waals surface area contributed by atoms with Gasteiger partial charge >= 0.3 is 0 Å². The van der Waals surface area contributed by atoms with Gasteiger partial charge in [-0.2, -0.15) is 5.10 Å². The molecule has 2 aromatic rings. The maximum Gasteiger partial charge on any atom is 0.264 e. The van der Waals surface area contributed by atoms with E-state index in [-0.39, 0.29) is 10.7 Å². The van der Waals surface area contributed by atoms with Gasteiger partial charge in [-0.15, -0.1) is 0 Å². The lowest BCUT2D eigenvalue weighted by atomic mass is 10.1. The van der Waals surface area contributed by atoms with E-state index in [2.05, 4.69) is 14.9 Å². The Bertz CT molecular complexity index is 768. The number of aromatic nitrogens is 2. The molecule has 106 valence electrons. The minimum atomic E-state index is -3.79. The number of hydrogen-bond acceptors (Lipinski definition) is 5. The van der Waals surface area contributed by atoms with Gasteiger partial charge in [-0.3, -0.25) is 9.52 Å². The van der Waals surface area contributed by atoms with Gasteiger partial charge in [0.15, 0.2) is 5.82 Å². The zero-order valence-corrected chi connectivity index (χ0v) is 11.8. The number of nitrogens with zero attached hydrogens (tertiary/aromatic N) is 1. The van der Waals surface area contributed by atoms with E-state index in [1.165, 1.54) is 12.1 Å². The molecule has 0 bridgehead atoms. The van der Waals surface area contributed by atoms with Gasteiger partial charge < -0.3 is 5.73 Å². The molecular formula is C12H14N4O3S. The Labute approximate surface area is 115 Å². The van der Waals surface area contributed by atoms with E-state index in [1.54, 1.807) is 26.0 Å². The molecule has 0 spiro atoms. The van der Waals surface area contributed by atoms with Crippen LogP contribution in [-0.4, -0.2) is 18.6 Å². The maximum absolute atomic E-state index is 12.4. The molecule has 0 aliphatic carbocycles. The van der Waals surface area contributed by atoms with Crippen molar-refractivity contribution in [2.24, 2.45) is 0 Å². The van der Waals surface area contributed by atoms with Crippen LogP contribution in [0.5, 0.6) is 0 Å². The number of H-pyrrole nitrogens is 1. The molecule has 0 radical (unpaired) electrons. The highest BCUT2D eigenvalue weighted by Gasteiger charge is 2.20. The SMILES string of the molecule is Cc1cc(N)cc(C)c1S(=O)(=O)Nc1ccc(=O)[nH]n1. The van der Waals surface area contributed by atoms with E-state index in [9.17, 15) is 13.2 Å². The summed E-state index contributed by atoms with van der Waals surface area (Å²) < 4.78 is 27.0. The Hall–Kier alpha value is -2.35. The van der Waals surface area contributed by atoms with E-state index in [4.69, 9.17) is 5.73 Å². The number of nitrogen functional groups attached to an aromatic ring is 1. The van der Waals surface area contributed by atoms with E-state index >= 15 is 0 Å². The molecule has 0 atom stereocenters. The first-order valence-corrected chi connectivity index (χ1v) is 7.23. The van der Waals surface area contributed by atoms with Gasteiger partial charge in [0, 0.05) is 11.8 Å². The smallest absolute Gasteiger partial charge is 0.264 e. The van der Waals surface area contributed by atoms with Crippen LogP contribution in [0.2, 0.25) is 0 Å². The number of rotatable bonds is 3. The van der Waals surface area contributed by atoms with Crippen molar-refractivity contribution in [3.05, 3.63) is 45.7 Å². The monoisotopic (exact) mass is 294 g/mol. The maximum atomic E-state index is 12.4. The van der Waals surface area contributed by atoms with Gasteiger partial charge in [-0.25, -0.2) is 13.5 Å². The molecule has 0 saturated carbocycles. The molecule has 0 amide bonds. The fourth-order valence-electron chi connectivity index (χ4n) is 2.00. The zero-order chi connectivity index (χ0) is 14.9. The van der Waals surface area contributed by atoms with Gasteiger partial charge in [0.1, 0.15) is 0 Å². The lowest BCUT2D eigenvalue weighted by Crippen LogP contribution is -2.18. The third-order valence-corrected chi connectivity index (χ3v) is 4.33. The highest BCUT2D eigenvalue weighted by Crippen LogP contribution is 2.24. The van der Waals surface area contributed by atoms with Gasteiger partial charge in [-0.1, -0.05) is 0 Å². The molecule has 1 aromatic carbocycles. The molecule has 1 aromatic heterocycles. The number of aryl methyl sites for hydroxylation is 2. The van der Waals surface area contributed by atoms with E-state index < -0.39 is 15.6 Å². The van der Waals surface area contributed by atoms with Crippen molar-refractivity contribution in [1.29, 1.82) is 0 Å². The average Bonchev–Trinajstić information content (AvgIpc) is 2.30. The highest BCUT2D eigenvalue weighted by atomic mass is 32.2. The Morgan fingerprint density at radius 3 is 2.30 bits per heavy atom. The molecule has 0 saturated heterocycles. The molecule has 7 nitrogen and oxygen atoms in total. The summed E-state index contributed by atoms with van der Waals surface area (Å²) in [4.78, 5) is 11.0. The van der Waals surface area contributed by atoms with Crippen LogP contribution < -0.4 is 16.0 Å². The summed E-state index contributed by atoms with van der Waals surface area (Å²) in [6.45, 7) is 3.33. The summed E-state index contributed by atoms with van der Waals surface area (Å²) >= 11 is 0. The number of anilines is 2. The van der Waals surface area contributed by atoms with Gasteiger partial charge in [0.05, 0.1) is 4.90 Å². The highest BCUT2D eigenvalue weighted by molar-refractivity contribution is 7.92. The summed E-state index contributed by atoms with van der Waals surface area (Å²) in [5, 5.41) is 5.77. The number of benzene rings is 1. The van der Waals surface area contributed by atoms with Crippen molar-refractivity contribution in [3.8, 4) is 0 Å². The van der Waals surface area contributed by atoms with Gasteiger partial charge in [-0.05, 0) is 43.2 Å². The normalized spacial score (nSPS) is 11.3. The molecule has 0 fully saturated rings. The summed E-state index contributed by atoms with van der Waals surface area (Å²) in [6, 6.07) is 5.65. The predicted octanol–water partition coefficient (Wildman–Crippen LogP) is 0.770. The molecule has 0 aliphatic rings. The Balaban J connectivity index is 2.46. The molecule has 0 aliphatic heterocycles. The Morgan fingerprint density at radius 1 is 1.20 bits per heavy atom. The molecule has 4 N–H and O–H groups in total. The van der Waals surface area contributed by atoms with Crippen LogP contribution in [0, 0.1) is 13.8 Å². The Morgan fingerprint density at radius 2 is 1.80 bits per heavy atom. The second-order valence-electron chi connectivity index (χ2n) is 4.40. The number of aromatic amines is 1. The predicted molar refractivity (Wildman–Crippen MR) is 76.0 cm³/mol. The molecule has 1 heterocycles. The van der Waals surface area contributed by atoms with Crippen molar-refractivity contribution in [2.45, 2.75) is 18.7 Å². The molecule has 20 heavy (non-hydrogen) atoms. The van der Waals surface area contributed by atoms with Crippen LogP contribution in [0.3, 0.4) is 0 Å². The van der Waals surface area contributed by atoms with Crippen LogP contribution >= 0.6 is 0 Å². The van der Waals surface area contributed by atoms with Gasteiger partial charge in [0.2, 0.25) is 0 Å². The van der Waals surface area contributed by atoms with E-state index in [1.807, 2.05) is 0 Å². The lowest BCUT2D eigenvalue weighted by molar-refractivity contribution is 0.599. The second-order valence-corrected chi connectivity index (χ2v) is 6.02. The van der Waals surface area contributed by atoms with Gasteiger partial charge in [0.25, 0.3) is 15.6 Å². The fourth-order valence-corrected chi connectivity index (χ4v) is 3.45. The number of sulfonamides is 1. The first-order valence-electron chi connectivity index (χ1n) is 5.75. The minimum Gasteiger partial charge on any atom is -0.399 e. The van der Waals surface area contributed by atoms with Crippen LogP contribution in [0.1, 0.15) is 11.1 Å². The molecule has 0 unspecified atom stereocenters. The van der Waals surface area contributed by atoms with Crippen molar-refractivity contribution in [3.63, 3.8) is 0 Å². The van der Waals surface area contributed by atoms with Crippen molar-refractivity contribution >= 4 is 21.5 Å². The second kappa shape index (κ2) is 4.97. The first-order chi connectivity index (χ1) is 9.29. The third kappa shape index (κ3) is 2.80. The summed E-state index contributed by atoms with van der Waals surface area (Å²) in [6.07, 6.45) is 0. The third-order valence-electron chi connectivity index (χ3n) is 2.67. The summed E-state index contributed by atoms with van der Waals surface area (Å²) in [5.41, 5.74) is 6.85. The zero-order valence-electron chi connectivity index (χ0n) is 11.0. The fraction of sp³-hybridized carbons (Fsp3) is 0.167. The topological polar surface area (TPSA) is 118 Å². The minimum absolute atomic E-state index is 0.0419. The molecule has 8 heteroatoms. The molecular weight excluding hydrogens is 280 g/mol. The van der Waals surface area contributed by atoms with Crippen LogP contribution in [0.25, 0.3) is 0 Å². The van der Waals surface area contributed by atoms with Crippen LogP contribution in [-0.2, 0) is 10.0 Å².